The highest BCUT2D eigenvalue weighted by atomic mass is 16.2. The fourth-order valence-electron chi connectivity index (χ4n) is 2.66. The molecule has 0 unspecified atom stereocenters. The quantitative estimate of drug-likeness (QED) is 0.895. The Morgan fingerprint density at radius 3 is 3.00 bits per heavy atom. The van der Waals surface area contributed by atoms with Crippen molar-refractivity contribution in [1.82, 2.24) is 9.88 Å². The smallest absolute Gasteiger partial charge is 0.241 e. The molecule has 2 aromatic rings. The van der Waals surface area contributed by atoms with Crippen molar-refractivity contribution in [2.75, 3.05) is 18.9 Å². The number of anilines is 1. The molecule has 4 nitrogen and oxygen atoms in total. The molecule has 1 aliphatic rings. The molecular weight excluding hydrogens is 238 g/mol. The van der Waals surface area contributed by atoms with Gasteiger partial charge in [-0.05, 0) is 38.6 Å². The lowest BCUT2D eigenvalue weighted by molar-refractivity contribution is -0.119. The Bertz CT molecular complexity index is 606. The van der Waals surface area contributed by atoms with Crippen molar-refractivity contribution < 1.29 is 4.79 Å². The molecule has 0 bridgehead atoms. The van der Waals surface area contributed by atoms with Gasteiger partial charge in [-0.1, -0.05) is 18.2 Å². The number of aromatic nitrogens is 1. The Labute approximate surface area is 112 Å². The van der Waals surface area contributed by atoms with Gasteiger partial charge < -0.3 is 5.32 Å². The average Bonchev–Trinajstić information content (AvgIpc) is 2.85. The van der Waals surface area contributed by atoms with Crippen LogP contribution >= 0.6 is 0 Å². The van der Waals surface area contributed by atoms with E-state index < -0.39 is 0 Å². The van der Waals surface area contributed by atoms with Gasteiger partial charge in [-0.25, -0.2) is 0 Å². The van der Waals surface area contributed by atoms with Crippen molar-refractivity contribution in [3.05, 3.63) is 36.5 Å². The predicted octanol–water partition coefficient (Wildman–Crippen LogP) is 2.27. The summed E-state index contributed by atoms with van der Waals surface area (Å²) in [6.07, 6.45) is 3.77. The molecule has 1 fully saturated rings. The van der Waals surface area contributed by atoms with E-state index in [0.717, 1.165) is 36.0 Å². The fraction of sp³-hybridized carbons (Fsp3) is 0.333. The first-order valence-corrected chi connectivity index (χ1v) is 6.60. The fourth-order valence-corrected chi connectivity index (χ4v) is 2.66. The van der Waals surface area contributed by atoms with Crippen molar-refractivity contribution >= 4 is 22.5 Å². The SMILES string of the molecule is CN1CCC[C@H]1C(=O)Nc1cccc2cccnc12. The maximum Gasteiger partial charge on any atom is 0.241 e. The number of hydrogen-bond acceptors (Lipinski definition) is 3. The van der Waals surface area contributed by atoms with Gasteiger partial charge in [-0.3, -0.25) is 14.7 Å². The van der Waals surface area contributed by atoms with Gasteiger partial charge in [0.15, 0.2) is 0 Å². The Morgan fingerprint density at radius 2 is 2.21 bits per heavy atom. The number of likely N-dealkylation sites (N-methyl/N-ethyl adjacent to an activating group) is 1. The lowest BCUT2D eigenvalue weighted by Crippen LogP contribution is -2.37. The van der Waals surface area contributed by atoms with Crippen LogP contribution in [0.15, 0.2) is 36.5 Å². The molecule has 1 aromatic heterocycles. The number of pyridine rings is 1. The van der Waals surface area contributed by atoms with E-state index in [0.29, 0.717) is 0 Å². The van der Waals surface area contributed by atoms with Crippen molar-refractivity contribution in [2.24, 2.45) is 0 Å². The third-order valence-corrected chi connectivity index (χ3v) is 3.71. The largest absolute Gasteiger partial charge is 0.323 e. The van der Waals surface area contributed by atoms with Gasteiger partial charge in [0.2, 0.25) is 5.91 Å². The Hall–Kier alpha value is -1.94. The summed E-state index contributed by atoms with van der Waals surface area (Å²) < 4.78 is 0. The standard InChI is InChI=1S/C15H17N3O/c1-18-10-4-8-13(18)15(19)17-12-7-2-5-11-6-3-9-16-14(11)12/h2-3,5-7,9,13H,4,8,10H2,1H3,(H,17,19)/t13-/m0/s1. The minimum Gasteiger partial charge on any atom is -0.323 e. The molecule has 3 rings (SSSR count). The molecule has 1 N–H and O–H groups in total. The Kier molecular flexibility index (Phi) is 3.17. The lowest BCUT2D eigenvalue weighted by atomic mass is 10.1. The summed E-state index contributed by atoms with van der Waals surface area (Å²) in [6, 6.07) is 9.73. The number of nitrogens with zero attached hydrogens (tertiary/aromatic N) is 2. The van der Waals surface area contributed by atoms with Gasteiger partial charge in [0, 0.05) is 11.6 Å². The first kappa shape index (κ1) is 12.1. The molecule has 1 aliphatic heterocycles. The summed E-state index contributed by atoms with van der Waals surface area (Å²) in [4.78, 5) is 18.7. The van der Waals surface area contributed by atoms with E-state index >= 15 is 0 Å². The molecular formula is C15H17N3O. The number of fused-ring (bicyclic) bond motifs is 1. The number of benzene rings is 1. The van der Waals surface area contributed by atoms with Crippen LogP contribution in [0, 0.1) is 0 Å². The minimum atomic E-state index is -0.0148. The number of nitrogens with one attached hydrogen (secondary N) is 1. The topological polar surface area (TPSA) is 45.2 Å². The Balaban J connectivity index is 1.87. The van der Waals surface area contributed by atoms with Crippen LogP contribution in [0.25, 0.3) is 10.9 Å². The summed E-state index contributed by atoms with van der Waals surface area (Å²) in [6.45, 7) is 0.992. The van der Waals surface area contributed by atoms with E-state index in [1.54, 1.807) is 6.20 Å². The molecule has 0 aliphatic carbocycles. The second-order valence-corrected chi connectivity index (χ2v) is 5.01. The summed E-state index contributed by atoms with van der Waals surface area (Å²) in [5.41, 5.74) is 1.64. The van der Waals surface area contributed by atoms with Gasteiger partial charge in [0.1, 0.15) is 0 Å². The zero-order valence-electron chi connectivity index (χ0n) is 11.0. The van der Waals surface area contributed by atoms with Crippen molar-refractivity contribution in [2.45, 2.75) is 18.9 Å². The highest BCUT2D eigenvalue weighted by Crippen LogP contribution is 2.22. The second kappa shape index (κ2) is 4.97. The van der Waals surface area contributed by atoms with Crippen LogP contribution in [0.1, 0.15) is 12.8 Å². The molecule has 2 heterocycles. The van der Waals surface area contributed by atoms with Crippen LogP contribution in [-0.2, 0) is 4.79 Å². The lowest BCUT2D eigenvalue weighted by Gasteiger charge is -2.19. The van der Waals surface area contributed by atoms with Gasteiger partial charge in [-0.15, -0.1) is 0 Å². The molecule has 0 spiro atoms. The summed E-state index contributed by atoms with van der Waals surface area (Å²) in [7, 11) is 2.00. The maximum absolute atomic E-state index is 12.3. The van der Waals surface area contributed by atoms with Crippen LogP contribution in [-0.4, -0.2) is 35.4 Å². The van der Waals surface area contributed by atoms with Crippen LogP contribution in [0.2, 0.25) is 0 Å². The highest BCUT2D eigenvalue weighted by Gasteiger charge is 2.27. The molecule has 1 saturated heterocycles. The number of carbonyl (C=O) groups excluding carboxylic acids is 1. The number of hydrogen-bond donors (Lipinski definition) is 1. The summed E-state index contributed by atoms with van der Waals surface area (Å²) in [5, 5.41) is 4.06. The van der Waals surface area contributed by atoms with Gasteiger partial charge in [0.25, 0.3) is 0 Å². The second-order valence-electron chi connectivity index (χ2n) is 5.01. The highest BCUT2D eigenvalue weighted by molar-refractivity contribution is 6.02. The molecule has 1 amide bonds. The van der Waals surface area contributed by atoms with Gasteiger partial charge in [-0.2, -0.15) is 0 Å². The monoisotopic (exact) mass is 255 g/mol. The van der Waals surface area contributed by atoms with Crippen LogP contribution < -0.4 is 5.32 Å². The third kappa shape index (κ3) is 2.31. The number of likely N-dealkylation sites (tertiary alicyclic amines) is 1. The maximum atomic E-state index is 12.3. The molecule has 1 aromatic carbocycles. The van der Waals surface area contributed by atoms with E-state index in [1.165, 1.54) is 0 Å². The van der Waals surface area contributed by atoms with Crippen LogP contribution in [0.3, 0.4) is 0 Å². The molecule has 0 saturated carbocycles. The van der Waals surface area contributed by atoms with Crippen molar-refractivity contribution in [3.8, 4) is 0 Å². The molecule has 0 radical (unpaired) electrons. The number of para-hydroxylation sites is 1. The molecule has 1 atom stereocenters. The van der Waals surface area contributed by atoms with E-state index in [-0.39, 0.29) is 11.9 Å². The minimum absolute atomic E-state index is 0.0148. The number of rotatable bonds is 2. The zero-order valence-corrected chi connectivity index (χ0v) is 11.0. The van der Waals surface area contributed by atoms with Gasteiger partial charge in [0.05, 0.1) is 17.2 Å². The first-order valence-electron chi connectivity index (χ1n) is 6.60. The first-order chi connectivity index (χ1) is 9.25. The predicted molar refractivity (Wildman–Crippen MR) is 76.0 cm³/mol. The molecule has 4 heteroatoms. The van der Waals surface area contributed by atoms with E-state index in [9.17, 15) is 4.79 Å². The Morgan fingerprint density at radius 1 is 1.37 bits per heavy atom. The molecule has 19 heavy (non-hydrogen) atoms. The number of carbonyl (C=O) groups is 1. The summed E-state index contributed by atoms with van der Waals surface area (Å²) >= 11 is 0. The van der Waals surface area contributed by atoms with Crippen molar-refractivity contribution in [1.29, 1.82) is 0 Å². The van der Waals surface area contributed by atoms with E-state index in [2.05, 4.69) is 15.2 Å². The number of amides is 1. The van der Waals surface area contributed by atoms with Crippen LogP contribution in [0.5, 0.6) is 0 Å². The van der Waals surface area contributed by atoms with Crippen LogP contribution in [0.4, 0.5) is 5.69 Å². The average molecular weight is 255 g/mol. The molecule has 98 valence electrons. The van der Waals surface area contributed by atoms with E-state index in [1.807, 2.05) is 37.4 Å². The van der Waals surface area contributed by atoms with E-state index in [4.69, 9.17) is 0 Å². The third-order valence-electron chi connectivity index (χ3n) is 3.71. The zero-order chi connectivity index (χ0) is 13.2. The van der Waals surface area contributed by atoms with Crippen molar-refractivity contribution in [3.63, 3.8) is 0 Å². The normalized spacial score (nSPS) is 19.7. The summed E-state index contributed by atoms with van der Waals surface area (Å²) in [5.74, 6) is 0.0677. The van der Waals surface area contributed by atoms with Gasteiger partial charge >= 0.3 is 0 Å².